The number of carbonyl (C=O) groups is 3. The number of aromatic hydroxyl groups is 3. The Bertz CT molecular complexity index is 1370. The fourth-order valence-electron chi connectivity index (χ4n) is 4.55. The number of ketones is 3. The first-order valence-electron chi connectivity index (χ1n) is 10.9. The molecule has 2 aliphatic rings. The van der Waals surface area contributed by atoms with Crippen LogP contribution in [-0.4, -0.2) is 44.3 Å². The van der Waals surface area contributed by atoms with Crippen LogP contribution < -0.4 is 10.1 Å². The van der Waals surface area contributed by atoms with Crippen molar-refractivity contribution in [1.82, 2.24) is 5.32 Å². The molecule has 2 aromatic carbocycles. The second-order valence-electron chi connectivity index (χ2n) is 8.88. The van der Waals surface area contributed by atoms with Crippen molar-refractivity contribution in [2.45, 2.75) is 39.2 Å². The first-order valence-corrected chi connectivity index (χ1v) is 10.9. The molecule has 5 N–H and O–H groups in total. The van der Waals surface area contributed by atoms with E-state index in [1.807, 2.05) is 0 Å². The number of benzene rings is 2. The predicted octanol–water partition coefficient (Wildman–Crippen LogP) is 2.60. The molecule has 0 aromatic heterocycles. The van der Waals surface area contributed by atoms with Crippen LogP contribution in [0.3, 0.4) is 0 Å². The lowest BCUT2D eigenvalue weighted by molar-refractivity contribution is -0.123. The van der Waals surface area contributed by atoms with Gasteiger partial charge in [0.25, 0.3) is 0 Å². The van der Waals surface area contributed by atoms with Gasteiger partial charge in [-0.3, -0.25) is 14.4 Å². The highest BCUT2D eigenvalue weighted by atomic mass is 16.5. The Morgan fingerprint density at radius 1 is 1.14 bits per heavy atom. The molecule has 0 spiro atoms. The molecule has 2 atom stereocenters. The lowest BCUT2D eigenvalue weighted by Crippen LogP contribution is -2.41. The largest absolute Gasteiger partial charge is 0.508 e. The summed E-state index contributed by atoms with van der Waals surface area (Å²) in [6.07, 6.45) is 0.0972. The molecule has 0 bridgehead atoms. The van der Waals surface area contributed by atoms with E-state index in [0.717, 1.165) is 6.08 Å². The molecular weight excluding hydrogens is 454 g/mol. The van der Waals surface area contributed by atoms with E-state index in [1.54, 1.807) is 12.1 Å². The number of ether oxygens (including phenoxy) is 1. The first-order chi connectivity index (χ1) is 16.4. The van der Waals surface area contributed by atoms with Crippen molar-refractivity contribution in [1.29, 1.82) is 0 Å². The summed E-state index contributed by atoms with van der Waals surface area (Å²) in [5.41, 5.74) is -1.32. The Hall–Kier alpha value is -4.11. The molecule has 2 aromatic rings. The number of phenolic OH excluding ortho intramolecular Hbond substituents is 3. The summed E-state index contributed by atoms with van der Waals surface area (Å²) >= 11 is 0. The van der Waals surface area contributed by atoms with Crippen LogP contribution in [0.2, 0.25) is 0 Å². The van der Waals surface area contributed by atoms with Crippen LogP contribution in [0.15, 0.2) is 47.4 Å². The lowest BCUT2D eigenvalue weighted by atomic mass is 9.70. The van der Waals surface area contributed by atoms with Crippen LogP contribution in [0.1, 0.15) is 53.9 Å². The molecule has 1 aliphatic carbocycles. The number of Topliss-reactive ketones (excluding diaryl/α,β-unsaturated/α-hetero) is 2. The average Bonchev–Trinajstić information content (AvgIpc) is 3.08. The number of phenols is 3. The molecule has 0 saturated heterocycles. The molecule has 1 aliphatic heterocycles. The van der Waals surface area contributed by atoms with E-state index in [-0.39, 0.29) is 51.8 Å². The second-order valence-corrected chi connectivity index (χ2v) is 8.88. The number of carbonyl (C=O) groups excluding carboxylic acids is 3. The minimum atomic E-state index is -1.61. The number of rotatable bonds is 5. The van der Waals surface area contributed by atoms with Gasteiger partial charge in [0.15, 0.2) is 17.3 Å². The van der Waals surface area contributed by atoms with Crippen molar-refractivity contribution in [3.8, 4) is 23.0 Å². The van der Waals surface area contributed by atoms with Gasteiger partial charge in [0.05, 0.1) is 17.2 Å². The quantitative estimate of drug-likeness (QED) is 0.247. The Kier molecular flexibility index (Phi) is 5.68. The number of aliphatic hydroxyl groups excluding tert-OH is 1. The molecule has 182 valence electrons. The normalized spacial score (nSPS) is 21.0. The van der Waals surface area contributed by atoms with Crippen molar-refractivity contribution in [2.75, 3.05) is 6.54 Å². The Morgan fingerprint density at radius 2 is 1.83 bits per heavy atom. The van der Waals surface area contributed by atoms with Crippen LogP contribution in [0.4, 0.5) is 0 Å². The third-order valence-electron chi connectivity index (χ3n) is 6.58. The van der Waals surface area contributed by atoms with Crippen LogP contribution >= 0.6 is 0 Å². The molecule has 35 heavy (non-hydrogen) atoms. The zero-order valence-corrected chi connectivity index (χ0v) is 19.6. The van der Waals surface area contributed by atoms with Gasteiger partial charge >= 0.3 is 0 Å². The van der Waals surface area contributed by atoms with Gasteiger partial charge in [-0.05, 0) is 45.4 Å². The molecule has 4 rings (SSSR count). The molecule has 1 unspecified atom stereocenters. The third-order valence-corrected chi connectivity index (χ3v) is 6.58. The highest BCUT2D eigenvalue weighted by Crippen LogP contribution is 2.57. The summed E-state index contributed by atoms with van der Waals surface area (Å²) in [6.45, 7) is 5.58. The van der Waals surface area contributed by atoms with E-state index in [0.29, 0.717) is 5.56 Å². The van der Waals surface area contributed by atoms with Crippen LogP contribution in [-0.2, 0) is 15.0 Å². The van der Waals surface area contributed by atoms with Gasteiger partial charge in [-0.2, -0.15) is 0 Å². The SMILES string of the molecule is CC(=O)c1c(O)c(C)c(O)c2c1OC1=CC(=O)/C(=C(/C)NCC(O)c3cccc(O)c3)C(=O)[C@@]12C. The van der Waals surface area contributed by atoms with Gasteiger partial charge < -0.3 is 30.5 Å². The van der Waals surface area contributed by atoms with E-state index < -0.39 is 40.4 Å². The average molecular weight is 479 g/mol. The highest BCUT2D eigenvalue weighted by Gasteiger charge is 2.56. The van der Waals surface area contributed by atoms with Crippen molar-refractivity contribution in [2.24, 2.45) is 0 Å². The Balaban J connectivity index is 1.76. The van der Waals surface area contributed by atoms with Gasteiger partial charge in [0.2, 0.25) is 0 Å². The monoisotopic (exact) mass is 479 g/mol. The van der Waals surface area contributed by atoms with E-state index in [9.17, 15) is 34.8 Å². The van der Waals surface area contributed by atoms with Gasteiger partial charge in [-0.25, -0.2) is 0 Å². The first kappa shape index (κ1) is 24.0. The maximum absolute atomic E-state index is 13.7. The number of aliphatic hydroxyl groups is 1. The Labute approximate surface area is 201 Å². The number of allylic oxidation sites excluding steroid dienone is 4. The topological polar surface area (TPSA) is 153 Å². The van der Waals surface area contributed by atoms with Crippen LogP contribution in [0.25, 0.3) is 0 Å². The van der Waals surface area contributed by atoms with Crippen LogP contribution in [0.5, 0.6) is 23.0 Å². The van der Waals surface area contributed by atoms with E-state index in [1.165, 1.54) is 39.8 Å². The maximum Gasteiger partial charge on any atom is 0.194 e. The standard InChI is InChI=1S/C26H25NO8/c1-11-22(32)20(13(3)28)24-21(23(11)33)26(4)18(35-24)9-16(30)19(25(26)34)12(2)27-10-17(31)14-6-5-7-15(29)8-14/h5-9,17,27,29,31-33H,10H2,1-4H3/b19-12+/t17?,26-/m0/s1. The second kappa shape index (κ2) is 8.28. The highest BCUT2D eigenvalue weighted by molar-refractivity contribution is 6.31. The minimum Gasteiger partial charge on any atom is -0.508 e. The predicted molar refractivity (Wildman–Crippen MR) is 124 cm³/mol. The van der Waals surface area contributed by atoms with Gasteiger partial charge in [-0.1, -0.05) is 12.1 Å². The zero-order chi connectivity index (χ0) is 25.8. The molecule has 9 heteroatoms. The molecule has 0 saturated carbocycles. The fraction of sp³-hybridized carbons (Fsp3) is 0.269. The number of fused-ring (bicyclic) bond motifs is 3. The third kappa shape index (κ3) is 3.55. The van der Waals surface area contributed by atoms with Crippen molar-refractivity contribution in [3.05, 3.63) is 69.6 Å². The summed E-state index contributed by atoms with van der Waals surface area (Å²) in [6, 6.07) is 6.08. The Morgan fingerprint density at radius 3 is 2.46 bits per heavy atom. The summed E-state index contributed by atoms with van der Waals surface area (Å²) < 4.78 is 5.73. The van der Waals surface area contributed by atoms with Gasteiger partial charge in [0.1, 0.15) is 39.7 Å². The molecule has 0 fully saturated rings. The summed E-state index contributed by atoms with van der Waals surface area (Å²) in [7, 11) is 0. The number of hydrogen-bond donors (Lipinski definition) is 5. The zero-order valence-electron chi connectivity index (χ0n) is 19.6. The number of nitrogens with one attached hydrogen (secondary N) is 1. The lowest BCUT2D eigenvalue weighted by Gasteiger charge is -2.29. The summed E-state index contributed by atoms with van der Waals surface area (Å²) in [5.74, 6) is -2.91. The van der Waals surface area contributed by atoms with Crippen molar-refractivity contribution in [3.63, 3.8) is 0 Å². The number of hydrogen-bond acceptors (Lipinski definition) is 9. The summed E-state index contributed by atoms with van der Waals surface area (Å²) in [4.78, 5) is 38.9. The molecule has 1 heterocycles. The smallest absolute Gasteiger partial charge is 0.194 e. The summed E-state index contributed by atoms with van der Waals surface area (Å²) in [5, 5.41) is 44.2. The molecule has 0 amide bonds. The molecule has 9 nitrogen and oxygen atoms in total. The van der Waals surface area contributed by atoms with Crippen LogP contribution in [0, 0.1) is 6.92 Å². The molecular formula is C26H25NO8. The van der Waals surface area contributed by atoms with Gasteiger partial charge in [0, 0.05) is 23.9 Å². The fourth-order valence-corrected chi connectivity index (χ4v) is 4.55. The van der Waals surface area contributed by atoms with Crippen molar-refractivity contribution >= 4 is 17.3 Å². The van der Waals surface area contributed by atoms with E-state index >= 15 is 0 Å². The van der Waals surface area contributed by atoms with E-state index in [2.05, 4.69) is 5.32 Å². The van der Waals surface area contributed by atoms with Crippen molar-refractivity contribution < 1.29 is 39.5 Å². The minimum absolute atomic E-state index is 0.00634. The molecule has 0 radical (unpaired) electrons. The van der Waals surface area contributed by atoms with Gasteiger partial charge in [-0.15, -0.1) is 0 Å². The van der Waals surface area contributed by atoms with E-state index in [4.69, 9.17) is 4.74 Å². The maximum atomic E-state index is 13.7.